The summed E-state index contributed by atoms with van der Waals surface area (Å²) in [6, 6.07) is 20.7. The number of rotatable bonds is 5. The van der Waals surface area contributed by atoms with E-state index in [2.05, 4.69) is 29.2 Å². The van der Waals surface area contributed by atoms with Gasteiger partial charge in [0.05, 0.1) is 6.61 Å². The van der Waals surface area contributed by atoms with E-state index in [-0.39, 0.29) is 6.17 Å². The van der Waals surface area contributed by atoms with E-state index >= 15 is 0 Å². The van der Waals surface area contributed by atoms with Crippen LogP contribution >= 0.6 is 0 Å². The van der Waals surface area contributed by atoms with Gasteiger partial charge in [0.25, 0.3) is 0 Å². The average molecular weight is 397 g/mol. The fraction of sp³-hybridized carbons (Fsp3) is 0.458. The minimum Gasteiger partial charge on any atom is -0.442 e. The van der Waals surface area contributed by atoms with Crippen molar-refractivity contribution in [2.45, 2.75) is 64.9 Å². The second-order valence-electron chi connectivity index (χ2n) is 8.49. The minimum atomic E-state index is -0.568. The van der Waals surface area contributed by atoms with Crippen molar-refractivity contribution in [3.8, 4) is 0 Å². The lowest BCUT2D eigenvalue weighted by Gasteiger charge is -2.38. The fourth-order valence-electron chi connectivity index (χ4n) is 3.51. The van der Waals surface area contributed by atoms with Crippen LogP contribution in [0.2, 0.25) is 0 Å². The molecule has 1 aliphatic heterocycles. The number of carbonyl (C=O) groups excluding carboxylic acids is 1. The molecule has 0 bridgehead atoms. The van der Waals surface area contributed by atoms with Crippen LogP contribution < -0.4 is 0 Å². The largest absolute Gasteiger partial charge is 0.442 e. The smallest absolute Gasteiger partial charge is 0.436 e. The van der Waals surface area contributed by atoms with Gasteiger partial charge in [0, 0.05) is 13.1 Å². The van der Waals surface area contributed by atoms with E-state index in [0.717, 1.165) is 32.4 Å². The van der Waals surface area contributed by atoms with Crippen LogP contribution in [0.25, 0.3) is 0 Å². The first-order valence-electron chi connectivity index (χ1n) is 10.4. The van der Waals surface area contributed by atoms with Crippen LogP contribution in [-0.4, -0.2) is 34.4 Å². The highest BCUT2D eigenvalue weighted by molar-refractivity contribution is 5.67. The van der Waals surface area contributed by atoms with Crippen molar-refractivity contribution in [1.29, 1.82) is 0 Å². The molecule has 5 heteroatoms. The van der Waals surface area contributed by atoms with E-state index in [1.165, 1.54) is 16.2 Å². The number of hydroxylamine groups is 2. The Balaban J connectivity index is 1.87. The zero-order valence-electron chi connectivity index (χ0n) is 17.7. The maximum atomic E-state index is 12.9. The molecule has 156 valence electrons. The maximum absolute atomic E-state index is 12.9. The second kappa shape index (κ2) is 9.90. The Kier molecular flexibility index (Phi) is 7.29. The van der Waals surface area contributed by atoms with Crippen LogP contribution in [0.15, 0.2) is 60.7 Å². The minimum absolute atomic E-state index is 0.187. The SMILES string of the molecule is CC(C)(C)OC(=O)N1OCCCCC1N(Cc1ccccc1)Cc1ccccc1. The molecule has 1 aliphatic rings. The van der Waals surface area contributed by atoms with E-state index in [1.807, 2.05) is 57.2 Å². The van der Waals surface area contributed by atoms with Gasteiger partial charge in [-0.05, 0) is 51.2 Å². The first-order valence-corrected chi connectivity index (χ1v) is 10.4. The lowest BCUT2D eigenvalue weighted by atomic mass is 10.1. The van der Waals surface area contributed by atoms with Gasteiger partial charge in [-0.15, -0.1) is 0 Å². The third kappa shape index (κ3) is 6.58. The molecule has 0 spiro atoms. The standard InChI is InChI=1S/C24H32N2O3/c1-24(2,3)29-23(27)26-22(16-10-11-17-28-26)25(18-20-12-6-4-7-13-20)19-21-14-8-5-9-15-21/h4-9,12-15,22H,10-11,16-19H2,1-3H3. The van der Waals surface area contributed by atoms with Gasteiger partial charge in [-0.2, -0.15) is 5.06 Å². The zero-order chi connectivity index (χ0) is 20.7. The topological polar surface area (TPSA) is 42.0 Å². The van der Waals surface area contributed by atoms with Crippen LogP contribution in [0, 0.1) is 0 Å². The van der Waals surface area contributed by atoms with Gasteiger partial charge in [0.2, 0.25) is 0 Å². The monoisotopic (exact) mass is 396 g/mol. The lowest BCUT2D eigenvalue weighted by molar-refractivity contribution is -0.196. The molecule has 29 heavy (non-hydrogen) atoms. The number of carbonyl (C=O) groups is 1. The van der Waals surface area contributed by atoms with Crippen LogP contribution in [0.1, 0.15) is 51.2 Å². The molecule has 0 aromatic heterocycles. The Bertz CT molecular complexity index is 717. The summed E-state index contributed by atoms with van der Waals surface area (Å²) in [5.41, 5.74) is 1.84. The summed E-state index contributed by atoms with van der Waals surface area (Å²) < 4.78 is 5.65. The molecule has 2 aromatic carbocycles. The quantitative estimate of drug-likeness (QED) is 0.682. The van der Waals surface area contributed by atoms with Gasteiger partial charge in [-0.25, -0.2) is 4.79 Å². The molecule has 1 fully saturated rings. The Labute approximate surface area is 174 Å². The Morgan fingerprint density at radius 3 is 2.07 bits per heavy atom. The molecule has 1 saturated heterocycles. The zero-order valence-corrected chi connectivity index (χ0v) is 17.7. The lowest BCUT2D eigenvalue weighted by Crippen LogP contribution is -2.51. The normalized spacial score (nSPS) is 17.8. The molecule has 1 atom stereocenters. The van der Waals surface area contributed by atoms with Crippen molar-refractivity contribution < 1.29 is 14.4 Å². The predicted molar refractivity (Wildman–Crippen MR) is 114 cm³/mol. The van der Waals surface area contributed by atoms with Crippen LogP contribution in [0.4, 0.5) is 4.79 Å². The highest BCUT2D eigenvalue weighted by Gasteiger charge is 2.34. The van der Waals surface area contributed by atoms with E-state index in [4.69, 9.17) is 9.57 Å². The molecule has 0 N–H and O–H groups in total. The van der Waals surface area contributed by atoms with Gasteiger partial charge in [0.1, 0.15) is 11.8 Å². The van der Waals surface area contributed by atoms with Crippen LogP contribution in [0.3, 0.4) is 0 Å². The summed E-state index contributed by atoms with van der Waals surface area (Å²) >= 11 is 0. The highest BCUT2D eigenvalue weighted by atomic mass is 16.7. The number of nitrogens with zero attached hydrogens (tertiary/aromatic N) is 2. The summed E-state index contributed by atoms with van der Waals surface area (Å²) in [4.78, 5) is 21.1. The van der Waals surface area contributed by atoms with E-state index in [0.29, 0.717) is 6.61 Å². The summed E-state index contributed by atoms with van der Waals surface area (Å²) in [7, 11) is 0. The van der Waals surface area contributed by atoms with Crippen molar-refractivity contribution in [3.63, 3.8) is 0 Å². The van der Waals surface area contributed by atoms with Crippen molar-refractivity contribution in [2.24, 2.45) is 0 Å². The molecule has 1 amide bonds. The molecule has 0 saturated carbocycles. The molecule has 1 heterocycles. The Morgan fingerprint density at radius 1 is 1.00 bits per heavy atom. The summed E-state index contributed by atoms with van der Waals surface area (Å²) in [5.74, 6) is 0. The maximum Gasteiger partial charge on any atom is 0.436 e. The van der Waals surface area contributed by atoms with Crippen molar-refractivity contribution in [2.75, 3.05) is 6.61 Å². The van der Waals surface area contributed by atoms with Gasteiger partial charge >= 0.3 is 6.09 Å². The molecule has 0 aliphatic carbocycles. The van der Waals surface area contributed by atoms with Crippen LogP contribution in [-0.2, 0) is 22.7 Å². The predicted octanol–water partition coefficient (Wildman–Crippen LogP) is 5.37. The van der Waals surface area contributed by atoms with E-state index < -0.39 is 11.7 Å². The Hall–Kier alpha value is -2.37. The molecule has 0 radical (unpaired) electrons. The first kappa shape index (κ1) is 21.3. The third-order valence-corrected chi connectivity index (χ3v) is 4.81. The van der Waals surface area contributed by atoms with Crippen molar-refractivity contribution in [1.82, 2.24) is 9.96 Å². The summed E-state index contributed by atoms with van der Waals surface area (Å²) in [6.45, 7) is 7.61. The number of amides is 1. The molecule has 1 unspecified atom stereocenters. The number of ether oxygens (including phenoxy) is 1. The van der Waals surface area contributed by atoms with E-state index in [1.54, 1.807) is 0 Å². The molecular formula is C24H32N2O3. The summed E-state index contributed by atoms with van der Waals surface area (Å²) in [6.07, 6.45) is 2.17. The van der Waals surface area contributed by atoms with Gasteiger partial charge < -0.3 is 4.74 Å². The first-order chi connectivity index (χ1) is 13.9. The van der Waals surface area contributed by atoms with Crippen molar-refractivity contribution >= 4 is 6.09 Å². The number of hydrogen-bond donors (Lipinski definition) is 0. The average Bonchev–Trinajstić information content (AvgIpc) is 2.94. The fourth-order valence-corrected chi connectivity index (χ4v) is 3.51. The Morgan fingerprint density at radius 2 is 1.55 bits per heavy atom. The van der Waals surface area contributed by atoms with Gasteiger partial charge in [-0.1, -0.05) is 60.7 Å². The van der Waals surface area contributed by atoms with Crippen LogP contribution in [0.5, 0.6) is 0 Å². The van der Waals surface area contributed by atoms with Gasteiger partial charge in [-0.3, -0.25) is 9.74 Å². The van der Waals surface area contributed by atoms with Gasteiger partial charge in [0.15, 0.2) is 0 Å². The molecule has 5 nitrogen and oxygen atoms in total. The third-order valence-electron chi connectivity index (χ3n) is 4.81. The number of benzene rings is 2. The number of hydrogen-bond acceptors (Lipinski definition) is 4. The highest BCUT2D eigenvalue weighted by Crippen LogP contribution is 2.25. The molecule has 3 rings (SSSR count). The molecular weight excluding hydrogens is 364 g/mol. The summed E-state index contributed by atoms with van der Waals surface area (Å²) in [5, 5.41) is 1.46. The van der Waals surface area contributed by atoms with E-state index in [9.17, 15) is 4.79 Å². The molecule has 2 aromatic rings. The second-order valence-corrected chi connectivity index (χ2v) is 8.49. The van der Waals surface area contributed by atoms with Crippen molar-refractivity contribution in [3.05, 3.63) is 71.8 Å².